The minimum atomic E-state index is -1.14. The molecule has 0 saturated carbocycles. The molecule has 0 spiro atoms. The Labute approximate surface area is 352 Å². The predicted molar refractivity (Wildman–Crippen MR) is 229 cm³/mol. The van der Waals surface area contributed by atoms with E-state index >= 15 is 0 Å². The molecule has 1 fully saturated rings. The van der Waals surface area contributed by atoms with Crippen molar-refractivity contribution in [1.29, 1.82) is 0 Å². The summed E-state index contributed by atoms with van der Waals surface area (Å²) in [6.45, 7) is 14.4. The average Bonchev–Trinajstić information content (AvgIpc) is 3.76. The molecule has 1 aliphatic heterocycles. The van der Waals surface area contributed by atoms with Crippen LogP contribution in [0.3, 0.4) is 0 Å². The van der Waals surface area contributed by atoms with Gasteiger partial charge >= 0.3 is 12.1 Å². The maximum absolute atomic E-state index is 14.6. The number of hydrogen-bond donors (Lipinski definition) is 4. The minimum Gasteiger partial charge on any atom is -0.453 e. The molecule has 5 unspecified atom stereocenters. The fourth-order valence-corrected chi connectivity index (χ4v) is 8.10. The Balaban J connectivity index is 1.41. The number of benzene rings is 2. The number of ether oxygens (including phenoxy) is 1. The number of urea groups is 1. The number of aryl methyl sites for hydroxylation is 1. The molecule has 4 aromatic rings. The Hall–Kier alpha value is -5.34. The van der Waals surface area contributed by atoms with Crippen molar-refractivity contribution < 1.29 is 29.0 Å². The zero-order valence-corrected chi connectivity index (χ0v) is 36.2. The van der Waals surface area contributed by atoms with Gasteiger partial charge in [0.1, 0.15) is 12.1 Å². The maximum atomic E-state index is 14.6. The predicted octanol–water partition coefficient (Wildman–Crippen LogP) is 6.14. The van der Waals surface area contributed by atoms with Crippen molar-refractivity contribution >= 4 is 35.3 Å². The Morgan fingerprint density at radius 2 is 1.53 bits per heavy atom. The highest BCUT2D eigenvalue weighted by molar-refractivity contribution is 7.09. The van der Waals surface area contributed by atoms with Crippen molar-refractivity contribution in [3.05, 3.63) is 106 Å². The first kappa shape index (κ1) is 44.8. The highest BCUT2D eigenvalue weighted by Crippen LogP contribution is 2.30. The number of aliphatic hydroxyl groups excluding tert-OH is 1. The lowest BCUT2D eigenvalue weighted by molar-refractivity contribution is -0.131. The highest BCUT2D eigenvalue weighted by Gasteiger charge is 2.44. The first-order valence-electron chi connectivity index (χ1n) is 20.1. The van der Waals surface area contributed by atoms with Gasteiger partial charge in [0.2, 0.25) is 11.8 Å². The molecule has 2 aromatic carbocycles. The maximum Gasteiger partial charge on any atom is 0.407 e. The number of hydrogen-bond acceptors (Lipinski definition) is 9. The van der Waals surface area contributed by atoms with Gasteiger partial charge in [-0.1, -0.05) is 102 Å². The number of nitrogens with one attached hydrogen (secondary N) is 3. The fourth-order valence-electron chi connectivity index (χ4n) is 7.49. The van der Waals surface area contributed by atoms with Crippen LogP contribution in [0.1, 0.15) is 69.8 Å². The summed E-state index contributed by atoms with van der Waals surface area (Å²) in [5.74, 6) is -0.815. The van der Waals surface area contributed by atoms with Crippen molar-refractivity contribution in [2.45, 2.75) is 105 Å². The zero-order valence-electron chi connectivity index (χ0n) is 35.4. The normalized spacial score (nSPS) is 15.8. The van der Waals surface area contributed by atoms with Crippen molar-refractivity contribution in [3.8, 4) is 11.3 Å². The Bertz CT molecular complexity index is 2010. The van der Waals surface area contributed by atoms with Gasteiger partial charge < -0.3 is 35.6 Å². The first-order valence-corrected chi connectivity index (χ1v) is 20.9. The third kappa shape index (κ3) is 12.3. The minimum absolute atomic E-state index is 0.0598. The Kier molecular flexibility index (Phi) is 14.9. The van der Waals surface area contributed by atoms with E-state index in [0.29, 0.717) is 32.5 Å². The molecular formula is C45H59N7O6S. The topological polar surface area (TPSA) is 166 Å². The monoisotopic (exact) mass is 825 g/mol. The number of carbonyl (C=O) groups is 4. The van der Waals surface area contributed by atoms with Crippen molar-refractivity contribution in [1.82, 2.24) is 35.7 Å². The number of methoxy groups -OCH3 is 1. The van der Waals surface area contributed by atoms with Gasteiger partial charge in [-0.2, -0.15) is 0 Å². The number of aromatic nitrogens is 2. The van der Waals surface area contributed by atoms with Gasteiger partial charge in [0.25, 0.3) is 0 Å². The third-order valence-corrected chi connectivity index (χ3v) is 11.3. The molecule has 1 saturated heterocycles. The third-order valence-electron chi connectivity index (χ3n) is 10.5. The van der Waals surface area contributed by atoms with E-state index in [2.05, 4.69) is 25.9 Å². The lowest BCUT2D eigenvalue weighted by Crippen LogP contribution is -2.59. The molecule has 4 N–H and O–H groups in total. The van der Waals surface area contributed by atoms with Crippen LogP contribution in [-0.2, 0) is 33.7 Å². The van der Waals surface area contributed by atoms with E-state index in [1.165, 1.54) is 18.4 Å². The second-order valence-corrected chi connectivity index (χ2v) is 18.5. The molecule has 5 amide bonds. The fraction of sp³-hybridized carbons (Fsp3) is 0.467. The SMILES string of the molecule is COC(=O)NC(C(=O)NC(Cc1ccc(-c2ccccn2)cc1)CC(O)C(Cc1ccccc1)NC(=O)C(N1CCN(Cc2csc(C)n2)C1=O)C(C)(C)C)C(C)(C)C. The number of alkyl carbamates (subject to hydrolysis) is 1. The van der Waals surface area contributed by atoms with Gasteiger partial charge in [-0.3, -0.25) is 14.6 Å². The number of amides is 5. The molecule has 0 bridgehead atoms. The van der Waals surface area contributed by atoms with Gasteiger partial charge in [0.15, 0.2) is 0 Å². The van der Waals surface area contributed by atoms with E-state index < -0.39 is 53.1 Å². The van der Waals surface area contributed by atoms with Crippen LogP contribution in [0.5, 0.6) is 0 Å². The van der Waals surface area contributed by atoms with Gasteiger partial charge in [-0.25, -0.2) is 14.6 Å². The summed E-state index contributed by atoms with van der Waals surface area (Å²) < 4.78 is 4.84. The smallest absolute Gasteiger partial charge is 0.407 e. The number of pyridine rings is 1. The second kappa shape index (κ2) is 19.6. The largest absolute Gasteiger partial charge is 0.453 e. The van der Waals surface area contributed by atoms with E-state index in [4.69, 9.17) is 4.74 Å². The quantitative estimate of drug-likeness (QED) is 0.105. The van der Waals surface area contributed by atoms with Crippen molar-refractivity contribution in [3.63, 3.8) is 0 Å². The molecule has 5 atom stereocenters. The van der Waals surface area contributed by atoms with Crippen LogP contribution in [-0.4, -0.2) is 99.3 Å². The van der Waals surface area contributed by atoms with E-state index in [1.807, 2.05) is 127 Å². The second-order valence-electron chi connectivity index (χ2n) is 17.4. The molecule has 13 nitrogen and oxygen atoms in total. The molecular weight excluding hydrogens is 767 g/mol. The highest BCUT2D eigenvalue weighted by atomic mass is 32.1. The van der Waals surface area contributed by atoms with E-state index in [9.17, 15) is 24.3 Å². The summed E-state index contributed by atoms with van der Waals surface area (Å²) in [5, 5.41) is 24.0. The summed E-state index contributed by atoms with van der Waals surface area (Å²) in [4.78, 5) is 67.1. The van der Waals surface area contributed by atoms with E-state index in [-0.39, 0.29) is 18.4 Å². The first-order chi connectivity index (χ1) is 27.9. The van der Waals surface area contributed by atoms with Gasteiger partial charge in [-0.15, -0.1) is 11.3 Å². The van der Waals surface area contributed by atoms with Crippen LogP contribution in [0, 0.1) is 17.8 Å². The average molecular weight is 826 g/mol. The lowest BCUT2D eigenvalue weighted by Gasteiger charge is -2.38. The molecule has 59 heavy (non-hydrogen) atoms. The Morgan fingerprint density at radius 1 is 0.847 bits per heavy atom. The number of thiazole rings is 1. The van der Waals surface area contributed by atoms with Gasteiger partial charge in [0.05, 0.1) is 42.2 Å². The van der Waals surface area contributed by atoms with E-state index in [1.54, 1.807) is 16.0 Å². The van der Waals surface area contributed by atoms with Crippen molar-refractivity contribution in [2.24, 2.45) is 10.8 Å². The standard InChI is InChI=1S/C45H59N7O6S/c1-29-47-34(28-59-29)27-51-22-23-52(43(51)57)39(45(5,6)7)41(55)49-36(25-30-14-10-9-11-15-30)37(53)26-33(48-40(54)38(44(2,3)4)50-42(56)58-8)24-31-17-19-32(20-18-31)35-16-12-13-21-46-35/h9-21,28,33,36-39,53H,22-27H2,1-8H3,(H,48,54)(H,49,55)(H,50,56). The summed E-state index contributed by atoms with van der Waals surface area (Å²) in [6, 6.07) is 19.7. The van der Waals surface area contributed by atoms with Crippen molar-refractivity contribution in [2.75, 3.05) is 20.2 Å². The molecule has 316 valence electrons. The number of rotatable bonds is 16. The number of nitrogens with zero attached hydrogens (tertiary/aromatic N) is 4. The van der Waals surface area contributed by atoms with Gasteiger partial charge in [0, 0.05) is 36.3 Å². The number of aliphatic hydroxyl groups is 1. The zero-order chi connectivity index (χ0) is 42.9. The summed E-state index contributed by atoms with van der Waals surface area (Å²) in [5.41, 5.74) is 3.03. The Morgan fingerprint density at radius 3 is 2.12 bits per heavy atom. The van der Waals surface area contributed by atoms with Gasteiger partial charge in [-0.05, 0) is 60.3 Å². The van der Waals surface area contributed by atoms with Crippen LogP contribution in [0.25, 0.3) is 11.3 Å². The molecule has 5 rings (SSSR count). The van der Waals surface area contributed by atoms with Crippen LogP contribution < -0.4 is 16.0 Å². The molecule has 0 radical (unpaired) electrons. The lowest BCUT2D eigenvalue weighted by atomic mass is 9.84. The molecule has 1 aliphatic rings. The summed E-state index contributed by atoms with van der Waals surface area (Å²) in [6.07, 6.45) is 0.553. The molecule has 0 aliphatic carbocycles. The summed E-state index contributed by atoms with van der Waals surface area (Å²) in [7, 11) is 1.24. The van der Waals surface area contributed by atoms with E-state index in [0.717, 1.165) is 33.1 Å². The number of carbonyl (C=O) groups excluding carboxylic acids is 4. The van der Waals surface area contributed by atoms with Crippen LogP contribution in [0.4, 0.5) is 9.59 Å². The van der Waals surface area contributed by atoms with Crippen LogP contribution >= 0.6 is 11.3 Å². The molecule has 2 aromatic heterocycles. The summed E-state index contributed by atoms with van der Waals surface area (Å²) >= 11 is 1.53. The van der Waals surface area contributed by atoms with Crippen LogP contribution in [0.2, 0.25) is 0 Å². The molecule has 3 heterocycles. The van der Waals surface area contributed by atoms with Crippen LogP contribution in [0.15, 0.2) is 84.4 Å². The molecule has 14 heteroatoms.